The van der Waals surface area contributed by atoms with E-state index in [2.05, 4.69) is 15.6 Å². The molecule has 3 rings (SSSR count). The number of carbonyl (C=O) groups is 1. The summed E-state index contributed by atoms with van der Waals surface area (Å²) >= 11 is 6.05. The molecule has 6 nitrogen and oxygen atoms in total. The number of amides is 1. The Morgan fingerprint density at radius 2 is 1.85 bits per heavy atom. The molecule has 0 saturated heterocycles. The van der Waals surface area contributed by atoms with Crippen molar-refractivity contribution >= 4 is 34.7 Å². The minimum Gasteiger partial charge on any atom is -0.497 e. The first-order valence-electron chi connectivity index (χ1n) is 8.11. The maximum absolute atomic E-state index is 12.3. The number of hydrogen-bond donors (Lipinski definition) is 2. The molecule has 1 aromatic heterocycles. The Hall–Kier alpha value is -3.25. The van der Waals surface area contributed by atoms with E-state index in [-0.39, 0.29) is 5.91 Å². The Labute approximate surface area is 162 Å². The van der Waals surface area contributed by atoms with Gasteiger partial charge in [0.15, 0.2) is 0 Å². The number of aromatic nitrogens is 1. The average Bonchev–Trinajstić information content (AvgIpc) is 2.69. The van der Waals surface area contributed by atoms with Crippen LogP contribution in [0.15, 0.2) is 60.8 Å². The van der Waals surface area contributed by atoms with Crippen molar-refractivity contribution < 1.29 is 14.3 Å². The predicted octanol–water partition coefficient (Wildman–Crippen LogP) is 4.75. The van der Waals surface area contributed by atoms with Crippen molar-refractivity contribution in [3.8, 4) is 11.5 Å². The molecule has 2 aromatic carbocycles. The van der Waals surface area contributed by atoms with Crippen LogP contribution < -0.4 is 20.1 Å². The van der Waals surface area contributed by atoms with Gasteiger partial charge in [0.2, 0.25) is 0 Å². The summed E-state index contributed by atoms with van der Waals surface area (Å²) in [6.45, 7) is 0. The Morgan fingerprint density at radius 1 is 1.04 bits per heavy atom. The number of ether oxygens (including phenoxy) is 2. The predicted molar refractivity (Wildman–Crippen MR) is 106 cm³/mol. The fourth-order valence-electron chi connectivity index (χ4n) is 2.44. The van der Waals surface area contributed by atoms with Gasteiger partial charge in [-0.05, 0) is 36.4 Å². The first-order valence-corrected chi connectivity index (χ1v) is 8.49. The van der Waals surface area contributed by atoms with Gasteiger partial charge < -0.3 is 20.1 Å². The van der Waals surface area contributed by atoms with Gasteiger partial charge in [-0.2, -0.15) is 0 Å². The standard InChI is InChI=1S/C20H18ClN3O3/c1-26-14-8-9-18(27-2)17(11-14)24-19-10-7-13(12-22-19)23-20(25)15-5-3-4-6-16(15)21/h3-12H,1-2H3,(H,22,24)(H,23,25). The summed E-state index contributed by atoms with van der Waals surface area (Å²) in [4.78, 5) is 16.6. The summed E-state index contributed by atoms with van der Waals surface area (Å²) in [5.41, 5.74) is 1.68. The third kappa shape index (κ3) is 4.48. The van der Waals surface area contributed by atoms with Gasteiger partial charge in [0.05, 0.1) is 42.4 Å². The second-order valence-corrected chi connectivity index (χ2v) is 5.96. The monoisotopic (exact) mass is 383 g/mol. The molecule has 0 unspecified atom stereocenters. The minimum atomic E-state index is -0.294. The summed E-state index contributed by atoms with van der Waals surface area (Å²) in [5.74, 6) is 1.66. The van der Waals surface area contributed by atoms with Crippen LogP contribution in [0.5, 0.6) is 11.5 Å². The molecule has 0 saturated carbocycles. The van der Waals surface area contributed by atoms with E-state index in [9.17, 15) is 4.79 Å². The highest BCUT2D eigenvalue weighted by Crippen LogP contribution is 2.31. The maximum atomic E-state index is 12.3. The number of pyridine rings is 1. The lowest BCUT2D eigenvalue weighted by atomic mass is 10.2. The van der Waals surface area contributed by atoms with Crippen LogP contribution in [0.1, 0.15) is 10.4 Å². The van der Waals surface area contributed by atoms with Crippen LogP contribution in [-0.4, -0.2) is 25.1 Å². The minimum absolute atomic E-state index is 0.294. The molecule has 2 N–H and O–H groups in total. The number of benzene rings is 2. The van der Waals surface area contributed by atoms with Crippen LogP contribution in [0, 0.1) is 0 Å². The Kier molecular flexibility index (Phi) is 5.78. The van der Waals surface area contributed by atoms with Crippen LogP contribution >= 0.6 is 11.6 Å². The fourth-order valence-corrected chi connectivity index (χ4v) is 2.66. The fraction of sp³-hybridized carbons (Fsp3) is 0.100. The molecule has 1 amide bonds. The van der Waals surface area contributed by atoms with Crippen LogP contribution in [0.3, 0.4) is 0 Å². The lowest BCUT2D eigenvalue weighted by molar-refractivity contribution is 0.102. The number of nitrogens with zero attached hydrogens (tertiary/aromatic N) is 1. The SMILES string of the molecule is COc1ccc(OC)c(Nc2ccc(NC(=O)c3ccccc3Cl)cn2)c1. The molecule has 7 heteroatoms. The van der Waals surface area contributed by atoms with Crippen molar-refractivity contribution in [2.75, 3.05) is 24.9 Å². The Morgan fingerprint density at radius 3 is 2.52 bits per heavy atom. The zero-order valence-electron chi connectivity index (χ0n) is 14.8. The number of hydrogen-bond acceptors (Lipinski definition) is 5. The molecule has 3 aromatic rings. The van der Waals surface area contributed by atoms with E-state index in [0.29, 0.717) is 33.6 Å². The van der Waals surface area contributed by atoms with Gasteiger partial charge in [-0.3, -0.25) is 4.79 Å². The number of carbonyl (C=O) groups excluding carboxylic acids is 1. The van der Waals surface area contributed by atoms with Crippen LogP contribution in [0.2, 0.25) is 5.02 Å². The van der Waals surface area contributed by atoms with Gasteiger partial charge in [-0.1, -0.05) is 23.7 Å². The molecule has 0 spiro atoms. The largest absolute Gasteiger partial charge is 0.497 e. The highest BCUT2D eigenvalue weighted by Gasteiger charge is 2.10. The van der Waals surface area contributed by atoms with Gasteiger partial charge in [-0.25, -0.2) is 4.98 Å². The van der Waals surface area contributed by atoms with E-state index in [4.69, 9.17) is 21.1 Å². The highest BCUT2D eigenvalue weighted by atomic mass is 35.5. The summed E-state index contributed by atoms with van der Waals surface area (Å²) in [7, 11) is 3.19. The van der Waals surface area contributed by atoms with Gasteiger partial charge in [0.25, 0.3) is 5.91 Å². The molecule has 0 aliphatic rings. The first-order chi connectivity index (χ1) is 13.1. The first kappa shape index (κ1) is 18.5. The smallest absolute Gasteiger partial charge is 0.257 e. The zero-order valence-corrected chi connectivity index (χ0v) is 15.6. The Balaban J connectivity index is 1.73. The van der Waals surface area contributed by atoms with Gasteiger partial charge in [0, 0.05) is 6.07 Å². The van der Waals surface area contributed by atoms with Crippen molar-refractivity contribution in [1.82, 2.24) is 4.98 Å². The molecule has 27 heavy (non-hydrogen) atoms. The van der Waals surface area contributed by atoms with Crippen molar-refractivity contribution in [2.24, 2.45) is 0 Å². The third-order valence-corrected chi connectivity index (χ3v) is 4.14. The van der Waals surface area contributed by atoms with Crippen LogP contribution in [0.25, 0.3) is 0 Å². The van der Waals surface area contributed by atoms with Crippen molar-refractivity contribution in [3.63, 3.8) is 0 Å². The molecule has 0 aliphatic heterocycles. The number of anilines is 3. The molecule has 138 valence electrons. The topological polar surface area (TPSA) is 72.5 Å². The summed E-state index contributed by atoms with van der Waals surface area (Å²) < 4.78 is 10.6. The summed E-state index contributed by atoms with van der Waals surface area (Å²) in [6.07, 6.45) is 1.56. The van der Waals surface area contributed by atoms with Gasteiger partial charge in [0.1, 0.15) is 17.3 Å². The van der Waals surface area contributed by atoms with E-state index in [1.165, 1.54) is 0 Å². The second-order valence-electron chi connectivity index (χ2n) is 5.56. The lowest BCUT2D eigenvalue weighted by Gasteiger charge is -2.12. The third-order valence-electron chi connectivity index (χ3n) is 3.81. The maximum Gasteiger partial charge on any atom is 0.257 e. The molecule has 0 aliphatic carbocycles. The molecule has 0 atom stereocenters. The number of rotatable bonds is 6. The molecule has 1 heterocycles. The van der Waals surface area contributed by atoms with Crippen molar-refractivity contribution in [3.05, 3.63) is 71.4 Å². The molecular weight excluding hydrogens is 366 g/mol. The molecule has 0 radical (unpaired) electrons. The van der Waals surface area contributed by atoms with Crippen LogP contribution in [-0.2, 0) is 0 Å². The number of nitrogens with one attached hydrogen (secondary N) is 2. The van der Waals surface area contributed by atoms with E-state index in [1.54, 1.807) is 62.9 Å². The Bertz CT molecular complexity index is 945. The molecule has 0 bridgehead atoms. The van der Waals surface area contributed by atoms with Gasteiger partial charge in [-0.15, -0.1) is 0 Å². The zero-order chi connectivity index (χ0) is 19.2. The van der Waals surface area contributed by atoms with Gasteiger partial charge >= 0.3 is 0 Å². The quantitative estimate of drug-likeness (QED) is 0.642. The van der Waals surface area contributed by atoms with E-state index in [1.807, 2.05) is 12.1 Å². The van der Waals surface area contributed by atoms with E-state index < -0.39 is 0 Å². The van der Waals surface area contributed by atoms with Crippen molar-refractivity contribution in [2.45, 2.75) is 0 Å². The average molecular weight is 384 g/mol. The summed E-state index contributed by atoms with van der Waals surface area (Å²) in [5, 5.41) is 6.34. The normalized spacial score (nSPS) is 10.2. The molecular formula is C20H18ClN3O3. The lowest BCUT2D eigenvalue weighted by Crippen LogP contribution is -2.12. The van der Waals surface area contributed by atoms with Crippen molar-refractivity contribution in [1.29, 1.82) is 0 Å². The summed E-state index contributed by atoms with van der Waals surface area (Å²) in [6, 6.07) is 15.8. The van der Waals surface area contributed by atoms with E-state index in [0.717, 1.165) is 5.69 Å². The number of methoxy groups -OCH3 is 2. The molecule has 0 fully saturated rings. The number of halogens is 1. The highest BCUT2D eigenvalue weighted by molar-refractivity contribution is 6.34. The van der Waals surface area contributed by atoms with Crippen LogP contribution in [0.4, 0.5) is 17.2 Å². The van der Waals surface area contributed by atoms with E-state index >= 15 is 0 Å². The second kappa shape index (κ2) is 8.42.